The van der Waals surface area contributed by atoms with Crippen molar-refractivity contribution in [1.82, 2.24) is 19.8 Å². The fraction of sp³-hybridized carbons (Fsp3) is 0.389. The SMILES string of the molecule is OCCOC1CCCN(c2ccc3nnc(-c4ccccc4)n3n2)C1. The van der Waals surface area contributed by atoms with Gasteiger partial charge < -0.3 is 14.7 Å². The summed E-state index contributed by atoms with van der Waals surface area (Å²) < 4.78 is 7.49. The maximum Gasteiger partial charge on any atom is 0.185 e. The number of benzene rings is 1. The third-order valence-electron chi connectivity index (χ3n) is 4.43. The summed E-state index contributed by atoms with van der Waals surface area (Å²) in [6.07, 6.45) is 2.19. The van der Waals surface area contributed by atoms with Gasteiger partial charge in [0.1, 0.15) is 5.82 Å². The quantitative estimate of drug-likeness (QED) is 0.763. The third kappa shape index (κ3) is 3.33. The summed E-state index contributed by atoms with van der Waals surface area (Å²) >= 11 is 0. The Labute approximate surface area is 145 Å². The first-order chi connectivity index (χ1) is 12.3. The van der Waals surface area contributed by atoms with Gasteiger partial charge in [-0.2, -0.15) is 4.52 Å². The van der Waals surface area contributed by atoms with E-state index in [4.69, 9.17) is 14.9 Å². The van der Waals surface area contributed by atoms with Crippen molar-refractivity contribution >= 4 is 11.5 Å². The van der Waals surface area contributed by atoms with Gasteiger partial charge in [-0.05, 0) is 25.0 Å². The topological polar surface area (TPSA) is 75.8 Å². The van der Waals surface area contributed by atoms with Crippen molar-refractivity contribution in [3.63, 3.8) is 0 Å². The van der Waals surface area contributed by atoms with Crippen LogP contribution in [0.2, 0.25) is 0 Å². The van der Waals surface area contributed by atoms with Gasteiger partial charge in [-0.15, -0.1) is 15.3 Å². The summed E-state index contributed by atoms with van der Waals surface area (Å²) in [5, 5.41) is 22.2. The molecule has 0 radical (unpaired) electrons. The number of nitrogens with zero attached hydrogens (tertiary/aromatic N) is 5. The van der Waals surface area contributed by atoms with Crippen molar-refractivity contribution in [3.05, 3.63) is 42.5 Å². The number of aromatic nitrogens is 4. The number of piperidine rings is 1. The molecule has 7 heteroatoms. The van der Waals surface area contributed by atoms with Gasteiger partial charge in [0.2, 0.25) is 0 Å². The summed E-state index contributed by atoms with van der Waals surface area (Å²) in [7, 11) is 0. The van der Waals surface area contributed by atoms with Crippen molar-refractivity contribution in [2.24, 2.45) is 0 Å². The predicted octanol–water partition coefficient (Wildman–Crippen LogP) is 1.77. The highest BCUT2D eigenvalue weighted by atomic mass is 16.5. The molecule has 4 rings (SSSR count). The normalized spacial score (nSPS) is 18.0. The Bertz CT molecular complexity index is 836. The molecule has 0 bridgehead atoms. The summed E-state index contributed by atoms with van der Waals surface area (Å²) in [5.41, 5.74) is 1.72. The maximum atomic E-state index is 8.95. The highest BCUT2D eigenvalue weighted by Gasteiger charge is 2.22. The lowest BCUT2D eigenvalue weighted by Crippen LogP contribution is -2.40. The second-order valence-electron chi connectivity index (χ2n) is 6.16. The molecule has 130 valence electrons. The van der Waals surface area contributed by atoms with Gasteiger partial charge in [0, 0.05) is 18.7 Å². The monoisotopic (exact) mass is 339 g/mol. The number of rotatable bonds is 5. The molecule has 1 aliphatic rings. The molecule has 25 heavy (non-hydrogen) atoms. The Morgan fingerprint density at radius 3 is 2.84 bits per heavy atom. The zero-order valence-corrected chi connectivity index (χ0v) is 14.0. The molecule has 7 nitrogen and oxygen atoms in total. The molecule has 1 aliphatic heterocycles. The number of hydrogen-bond donors (Lipinski definition) is 1. The fourth-order valence-electron chi connectivity index (χ4n) is 3.22. The molecule has 0 spiro atoms. The molecule has 1 saturated heterocycles. The molecule has 0 amide bonds. The first-order valence-electron chi connectivity index (χ1n) is 8.60. The van der Waals surface area contributed by atoms with Crippen LogP contribution in [0.3, 0.4) is 0 Å². The van der Waals surface area contributed by atoms with E-state index in [-0.39, 0.29) is 12.7 Å². The lowest BCUT2D eigenvalue weighted by atomic mass is 10.1. The average molecular weight is 339 g/mol. The number of fused-ring (bicyclic) bond motifs is 1. The van der Waals surface area contributed by atoms with Crippen LogP contribution in [0, 0.1) is 0 Å². The van der Waals surface area contributed by atoms with Crippen molar-refractivity contribution < 1.29 is 9.84 Å². The second-order valence-corrected chi connectivity index (χ2v) is 6.16. The Kier molecular flexibility index (Phi) is 4.58. The van der Waals surface area contributed by atoms with Crippen LogP contribution in [-0.2, 0) is 4.74 Å². The van der Waals surface area contributed by atoms with E-state index in [2.05, 4.69) is 15.1 Å². The van der Waals surface area contributed by atoms with Crippen LogP contribution >= 0.6 is 0 Å². The van der Waals surface area contributed by atoms with Gasteiger partial charge in [-0.3, -0.25) is 0 Å². The Morgan fingerprint density at radius 1 is 1.12 bits per heavy atom. The van der Waals surface area contributed by atoms with Crippen molar-refractivity contribution in [3.8, 4) is 11.4 Å². The smallest absolute Gasteiger partial charge is 0.185 e. The van der Waals surface area contributed by atoms with Gasteiger partial charge in [0.25, 0.3) is 0 Å². The largest absolute Gasteiger partial charge is 0.394 e. The van der Waals surface area contributed by atoms with Gasteiger partial charge in [0.15, 0.2) is 11.5 Å². The van der Waals surface area contributed by atoms with Crippen LogP contribution in [0.4, 0.5) is 5.82 Å². The van der Waals surface area contributed by atoms with Crippen LogP contribution in [0.5, 0.6) is 0 Å². The number of aliphatic hydroxyl groups excluding tert-OH is 1. The first-order valence-corrected chi connectivity index (χ1v) is 8.60. The fourth-order valence-corrected chi connectivity index (χ4v) is 3.22. The van der Waals surface area contributed by atoms with Crippen LogP contribution in [0.1, 0.15) is 12.8 Å². The van der Waals surface area contributed by atoms with Crippen molar-refractivity contribution in [2.45, 2.75) is 18.9 Å². The minimum Gasteiger partial charge on any atom is -0.394 e. The summed E-state index contributed by atoms with van der Waals surface area (Å²) in [6, 6.07) is 13.9. The number of aliphatic hydroxyl groups is 1. The van der Waals surface area contributed by atoms with E-state index in [0.717, 1.165) is 48.8 Å². The van der Waals surface area contributed by atoms with Gasteiger partial charge >= 0.3 is 0 Å². The Balaban J connectivity index is 1.62. The van der Waals surface area contributed by atoms with E-state index in [1.54, 1.807) is 4.52 Å². The van der Waals surface area contributed by atoms with Crippen LogP contribution in [0.25, 0.3) is 17.0 Å². The van der Waals surface area contributed by atoms with E-state index in [0.29, 0.717) is 6.61 Å². The zero-order chi connectivity index (χ0) is 17.1. The average Bonchev–Trinajstić information content (AvgIpc) is 3.10. The molecule has 3 heterocycles. The minimum atomic E-state index is 0.0574. The maximum absolute atomic E-state index is 8.95. The molecule has 1 aromatic carbocycles. The first kappa shape index (κ1) is 16.0. The highest BCUT2D eigenvalue weighted by Crippen LogP contribution is 2.22. The summed E-state index contributed by atoms with van der Waals surface area (Å²) in [5.74, 6) is 1.63. The molecule has 1 unspecified atom stereocenters. The van der Waals surface area contributed by atoms with Gasteiger partial charge in [-0.25, -0.2) is 0 Å². The molecule has 1 atom stereocenters. The Hall–Kier alpha value is -2.51. The molecule has 2 aromatic heterocycles. The van der Waals surface area contributed by atoms with E-state index in [1.807, 2.05) is 42.5 Å². The van der Waals surface area contributed by atoms with E-state index < -0.39 is 0 Å². The summed E-state index contributed by atoms with van der Waals surface area (Å²) in [4.78, 5) is 2.22. The highest BCUT2D eigenvalue weighted by molar-refractivity contribution is 5.59. The van der Waals surface area contributed by atoms with Gasteiger partial charge in [-0.1, -0.05) is 30.3 Å². The Morgan fingerprint density at radius 2 is 2.00 bits per heavy atom. The lowest BCUT2D eigenvalue weighted by Gasteiger charge is -2.33. The van der Waals surface area contributed by atoms with Crippen LogP contribution in [-0.4, -0.2) is 57.3 Å². The predicted molar refractivity (Wildman–Crippen MR) is 94.5 cm³/mol. The zero-order valence-electron chi connectivity index (χ0n) is 14.0. The minimum absolute atomic E-state index is 0.0574. The third-order valence-corrected chi connectivity index (χ3v) is 4.43. The van der Waals surface area contributed by atoms with E-state index in [9.17, 15) is 0 Å². The molecule has 3 aromatic rings. The molecular weight excluding hydrogens is 318 g/mol. The number of hydrogen-bond acceptors (Lipinski definition) is 6. The lowest BCUT2D eigenvalue weighted by molar-refractivity contribution is 0.0213. The van der Waals surface area contributed by atoms with Crippen LogP contribution in [0.15, 0.2) is 42.5 Å². The van der Waals surface area contributed by atoms with E-state index >= 15 is 0 Å². The molecule has 1 N–H and O–H groups in total. The number of anilines is 1. The van der Waals surface area contributed by atoms with E-state index in [1.165, 1.54) is 0 Å². The second kappa shape index (κ2) is 7.16. The number of ether oxygens (including phenoxy) is 1. The molecular formula is C18H21N5O2. The standard InChI is InChI=1S/C18H21N5O2/c24-11-12-25-15-7-4-10-22(13-15)17-9-8-16-19-20-18(23(16)21-17)14-5-2-1-3-6-14/h1-3,5-6,8-9,15,24H,4,7,10-13H2. The van der Waals surface area contributed by atoms with Crippen molar-refractivity contribution in [1.29, 1.82) is 0 Å². The van der Waals surface area contributed by atoms with Gasteiger partial charge in [0.05, 0.1) is 19.3 Å². The molecule has 1 fully saturated rings. The molecule has 0 aliphatic carbocycles. The molecule has 0 saturated carbocycles. The summed E-state index contributed by atoms with van der Waals surface area (Å²) in [6.45, 7) is 2.16. The van der Waals surface area contributed by atoms with Crippen LogP contribution < -0.4 is 4.90 Å². The van der Waals surface area contributed by atoms with Crippen molar-refractivity contribution in [2.75, 3.05) is 31.2 Å².